The summed E-state index contributed by atoms with van der Waals surface area (Å²) in [5.74, 6) is -3.70. The summed E-state index contributed by atoms with van der Waals surface area (Å²) in [5.41, 5.74) is 2.65. The number of carboxylic acids is 1. The third-order valence-electron chi connectivity index (χ3n) is 13.0. The number of amides is 1. The molecule has 1 saturated heterocycles. The molecule has 9 N–H and O–H groups in total. The molecule has 9 atom stereocenters. The lowest BCUT2D eigenvalue weighted by Crippen LogP contribution is -2.60. The van der Waals surface area contributed by atoms with Crippen LogP contribution in [-0.4, -0.2) is 128 Å². The van der Waals surface area contributed by atoms with E-state index in [1.165, 1.54) is 30.4 Å². The summed E-state index contributed by atoms with van der Waals surface area (Å²) in [4.78, 5) is 37.7. The van der Waals surface area contributed by atoms with Crippen LogP contribution in [0.3, 0.4) is 0 Å². The van der Waals surface area contributed by atoms with Gasteiger partial charge in [0.25, 0.3) is 5.91 Å². The van der Waals surface area contributed by atoms with Crippen molar-refractivity contribution in [3.63, 3.8) is 0 Å². The van der Waals surface area contributed by atoms with E-state index in [9.17, 15) is 50.4 Å². The Hall–Kier alpha value is -5.36. The summed E-state index contributed by atoms with van der Waals surface area (Å²) in [7, 11) is 0. The lowest BCUT2D eigenvalue weighted by molar-refractivity contribution is -0.277. The maximum absolute atomic E-state index is 14.5. The first-order chi connectivity index (χ1) is 28.4. The molecule has 3 aromatic carbocycles. The van der Waals surface area contributed by atoms with Crippen LogP contribution in [0, 0.1) is 5.41 Å². The molecule has 3 aromatic rings. The van der Waals surface area contributed by atoms with Crippen LogP contribution in [0.4, 0.5) is 11.4 Å². The number of aliphatic imine (C=N–C) groups is 2. The van der Waals surface area contributed by atoms with Gasteiger partial charge in [0.2, 0.25) is 6.29 Å². The zero-order chi connectivity index (χ0) is 41.6. The number of aliphatic hydroxyl groups is 5. The number of benzene rings is 3. The van der Waals surface area contributed by atoms with Crippen molar-refractivity contribution < 1.29 is 59.9 Å². The second-order valence-corrected chi connectivity index (χ2v) is 16.1. The number of nitrogens with one attached hydrogen (secondary N) is 1. The van der Waals surface area contributed by atoms with E-state index in [-0.39, 0.29) is 30.2 Å². The van der Waals surface area contributed by atoms with E-state index in [0.29, 0.717) is 54.9 Å². The van der Waals surface area contributed by atoms with Crippen molar-refractivity contribution in [2.45, 2.75) is 86.6 Å². The number of phenols is 2. The number of nitrogens with zero attached hydrogens (tertiary/aromatic N) is 3. The first-order valence-corrected chi connectivity index (χ1v) is 19.8. The van der Waals surface area contributed by atoms with E-state index in [2.05, 4.69) is 15.3 Å². The highest BCUT2D eigenvalue weighted by Gasteiger charge is 2.59. The van der Waals surface area contributed by atoms with Crippen LogP contribution in [0.15, 0.2) is 70.7 Å². The van der Waals surface area contributed by atoms with Gasteiger partial charge in [0.1, 0.15) is 42.9 Å². The number of ether oxygens (including phenoxy) is 2. The van der Waals surface area contributed by atoms with E-state index in [4.69, 9.17) is 9.47 Å². The molecule has 0 spiro atoms. The molecule has 8 rings (SSSR count). The van der Waals surface area contributed by atoms with Crippen molar-refractivity contribution >= 4 is 41.3 Å². The van der Waals surface area contributed by atoms with Gasteiger partial charge in [-0.1, -0.05) is 37.1 Å². The fraction of sp³-hybridized carbons (Fsp3) is 0.442. The molecule has 4 aliphatic heterocycles. The number of anilines is 2. The van der Waals surface area contributed by atoms with E-state index in [0.717, 1.165) is 29.0 Å². The molecular weight excluding hydrogens is 764 g/mol. The van der Waals surface area contributed by atoms with Crippen molar-refractivity contribution in [3.8, 4) is 17.2 Å². The minimum absolute atomic E-state index is 0.0333. The van der Waals surface area contributed by atoms with Crippen molar-refractivity contribution in [1.82, 2.24) is 0 Å². The maximum Gasteiger partial charge on any atom is 0.327 e. The van der Waals surface area contributed by atoms with Crippen molar-refractivity contribution in [3.05, 3.63) is 82.9 Å². The van der Waals surface area contributed by atoms with Crippen molar-refractivity contribution in [1.29, 1.82) is 0 Å². The second-order valence-electron chi connectivity index (χ2n) is 16.1. The molecule has 0 aromatic heterocycles. The number of hydrogen-bond donors (Lipinski definition) is 9. The Morgan fingerprint density at radius 3 is 2.53 bits per heavy atom. The van der Waals surface area contributed by atoms with Gasteiger partial charge in [-0.05, 0) is 66.3 Å². The van der Waals surface area contributed by atoms with Crippen molar-refractivity contribution in [2.75, 3.05) is 36.6 Å². The fourth-order valence-corrected chi connectivity index (χ4v) is 9.92. The number of rotatable bonds is 11. The smallest absolute Gasteiger partial charge is 0.327 e. The van der Waals surface area contributed by atoms with E-state index in [1.54, 1.807) is 18.3 Å². The number of hydrogen-bond acceptors (Lipinski definition) is 14. The van der Waals surface area contributed by atoms with Crippen LogP contribution in [-0.2, 0) is 26.2 Å². The standard InChI is InChI=1S/C43H48N4O12/c48-19-34-37(53)38(54)39(55)41(59-34)58-33-16-30-26(15-32(33)51)27(17-43-12-4-3-11-42(43,21-49)20-45-29-6-2-1-5-28(29)43)36(40(56)57)47(30)35(52)10-8-23-7-9-31(50)24(13-23)14-25-18-44-22-46-25/h1-2,5-10,13,15-16,18,27,34,36-39,41,45,48-51,53-55H,3-4,11-12,14,17,19-22H2,(H,56,57). The van der Waals surface area contributed by atoms with Gasteiger partial charge in [-0.15, -0.1) is 0 Å². The summed E-state index contributed by atoms with van der Waals surface area (Å²) in [5, 5.41) is 89.1. The van der Waals surface area contributed by atoms with Crippen LogP contribution in [0.5, 0.6) is 17.2 Å². The predicted molar refractivity (Wildman–Crippen MR) is 215 cm³/mol. The van der Waals surface area contributed by atoms with Crippen LogP contribution >= 0.6 is 0 Å². The zero-order valence-electron chi connectivity index (χ0n) is 32.1. The number of carboxylic acid groups (broad SMARTS) is 1. The fourth-order valence-electron chi connectivity index (χ4n) is 9.92. The van der Waals surface area contributed by atoms with Crippen LogP contribution in [0.2, 0.25) is 0 Å². The first-order valence-electron chi connectivity index (χ1n) is 19.8. The second kappa shape index (κ2) is 16.0. The molecule has 9 unspecified atom stereocenters. The highest BCUT2D eigenvalue weighted by Crippen LogP contribution is 2.62. The Labute approximate surface area is 339 Å². The third-order valence-corrected chi connectivity index (χ3v) is 13.0. The molecule has 2 fully saturated rings. The van der Waals surface area contributed by atoms with Gasteiger partial charge in [-0.2, -0.15) is 0 Å². The largest absolute Gasteiger partial charge is 0.508 e. The molecule has 59 heavy (non-hydrogen) atoms. The Bertz CT molecular complexity index is 2210. The normalized spacial score (nSPS) is 31.0. The zero-order valence-corrected chi connectivity index (χ0v) is 32.1. The average Bonchev–Trinajstić information content (AvgIpc) is 3.87. The Balaban J connectivity index is 1.22. The first kappa shape index (κ1) is 40.4. The summed E-state index contributed by atoms with van der Waals surface area (Å²) in [6.45, 7) is -0.122. The Morgan fingerprint density at radius 2 is 1.78 bits per heavy atom. The van der Waals surface area contributed by atoms with Gasteiger partial charge < -0.3 is 55.6 Å². The van der Waals surface area contributed by atoms with E-state index in [1.807, 2.05) is 24.3 Å². The molecular formula is C43H48N4O12. The van der Waals surface area contributed by atoms with Crippen LogP contribution in [0.1, 0.15) is 60.3 Å². The molecule has 1 saturated carbocycles. The Kier molecular flexibility index (Phi) is 11.0. The summed E-state index contributed by atoms with van der Waals surface area (Å²) < 4.78 is 11.4. The van der Waals surface area contributed by atoms with Crippen molar-refractivity contribution in [2.24, 2.45) is 15.4 Å². The quantitative estimate of drug-likeness (QED) is 0.126. The van der Waals surface area contributed by atoms with Crippen LogP contribution < -0.4 is 15.0 Å². The molecule has 16 nitrogen and oxygen atoms in total. The topological polar surface area (TPSA) is 254 Å². The van der Waals surface area contributed by atoms with Gasteiger partial charge in [-0.3, -0.25) is 19.7 Å². The highest BCUT2D eigenvalue weighted by atomic mass is 16.7. The van der Waals surface area contributed by atoms with E-state index < -0.39 is 77.7 Å². The molecule has 16 heteroatoms. The molecule has 0 bridgehead atoms. The number of aliphatic carboxylic acids is 1. The van der Waals surface area contributed by atoms with E-state index >= 15 is 0 Å². The number of aromatic hydroxyl groups is 2. The van der Waals surface area contributed by atoms with Gasteiger partial charge in [0, 0.05) is 59.3 Å². The highest BCUT2D eigenvalue weighted by molar-refractivity contribution is 6.32. The number of phenolic OH excluding ortho intramolecular Hbond substituents is 2. The maximum atomic E-state index is 14.5. The minimum atomic E-state index is -1.82. The average molecular weight is 813 g/mol. The predicted octanol–water partition coefficient (Wildman–Crippen LogP) is 2.20. The van der Waals surface area contributed by atoms with Crippen LogP contribution in [0.25, 0.3) is 6.08 Å². The van der Waals surface area contributed by atoms with Gasteiger partial charge in [0.05, 0.1) is 24.6 Å². The lowest BCUT2D eigenvalue weighted by atomic mass is 9.49. The number of carbonyl (C=O) groups is 2. The minimum Gasteiger partial charge on any atom is -0.508 e. The molecule has 5 aliphatic rings. The lowest BCUT2D eigenvalue weighted by Gasteiger charge is -2.58. The van der Waals surface area contributed by atoms with Gasteiger partial charge in [0.15, 0.2) is 11.5 Å². The van der Waals surface area contributed by atoms with Gasteiger partial charge >= 0.3 is 5.97 Å². The summed E-state index contributed by atoms with van der Waals surface area (Å²) >= 11 is 0. The SMILES string of the molecule is O=C(O)C1C(CC23CCCCC2(CO)CNc2ccccc23)c2cc(O)c(OC3OC(CO)C(O)C(O)C3O)cc2N1C(=O)C=Cc1ccc(O)c(CC2=NCN=C2)c1. The molecule has 312 valence electrons. The summed E-state index contributed by atoms with van der Waals surface area (Å²) in [6.07, 6.45) is -0.370. The molecule has 0 radical (unpaired) electrons. The molecule has 4 heterocycles. The number of carbonyl (C=O) groups excluding carboxylic acids is 1. The van der Waals surface area contributed by atoms with Gasteiger partial charge in [-0.25, -0.2) is 4.79 Å². The number of aliphatic hydroxyl groups excluding tert-OH is 5. The Morgan fingerprint density at radius 1 is 0.983 bits per heavy atom. The number of para-hydroxylation sites is 1. The molecule has 1 amide bonds. The number of fused-ring (bicyclic) bond motifs is 4. The summed E-state index contributed by atoms with van der Waals surface area (Å²) in [6, 6.07) is 13.7. The third kappa shape index (κ3) is 7.02. The monoisotopic (exact) mass is 812 g/mol. The molecule has 1 aliphatic carbocycles.